The number of rotatable bonds is 5. The van der Waals surface area contributed by atoms with Gasteiger partial charge in [0.1, 0.15) is 0 Å². The van der Waals surface area contributed by atoms with Gasteiger partial charge >= 0.3 is 0 Å². The number of aliphatic hydroxyl groups is 1. The van der Waals surface area contributed by atoms with Crippen LogP contribution in [0, 0.1) is 10.1 Å². The summed E-state index contributed by atoms with van der Waals surface area (Å²) in [5.41, 5.74) is 1.22. The van der Waals surface area contributed by atoms with E-state index in [1.54, 1.807) is 12.1 Å². The van der Waals surface area contributed by atoms with Gasteiger partial charge in [-0.1, -0.05) is 0 Å². The van der Waals surface area contributed by atoms with Crippen molar-refractivity contribution in [2.45, 2.75) is 18.9 Å². The van der Waals surface area contributed by atoms with Crippen LogP contribution in [-0.2, 0) is 0 Å². The number of non-ortho nitro benzene ring substituents is 1. The van der Waals surface area contributed by atoms with Crippen molar-refractivity contribution >= 4 is 11.4 Å². The molecule has 2 aliphatic heterocycles. The summed E-state index contributed by atoms with van der Waals surface area (Å²) in [6, 6.07) is 7.51. The van der Waals surface area contributed by atoms with E-state index in [-0.39, 0.29) is 17.2 Å². The van der Waals surface area contributed by atoms with E-state index in [0.29, 0.717) is 6.04 Å². The van der Waals surface area contributed by atoms with E-state index < -0.39 is 0 Å². The number of hydrogen-bond donors (Lipinski definition) is 1. The van der Waals surface area contributed by atoms with Crippen LogP contribution in [0.4, 0.5) is 11.4 Å². The van der Waals surface area contributed by atoms with Crippen molar-refractivity contribution in [2.24, 2.45) is 0 Å². The number of benzene rings is 1. The number of piperidine rings is 1. The van der Waals surface area contributed by atoms with E-state index in [4.69, 9.17) is 5.11 Å². The van der Waals surface area contributed by atoms with Crippen LogP contribution >= 0.6 is 0 Å². The zero-order valence-electron chi connectivity index (χ0n) is 14.0. The first kappa shape index (κ1) is 17.1. The maximum atomic E-state index is 10.7. The zero-order valence-corrected chi connectivity index (χ0v) is 14.0. The molecule has 1 aromatic rings. The monoisotopic (exact) mass is 334 g/mol. The smallest absolute Gasteiger partial charge is 0.269 e. The summed E-state index contributed by atoms with van der Waals surface area (Å²) in [5, 5.41) is 19.8. The first-order chi connectivity index (χ1) is 11.7. The molecule has 3 rings (SSSR count). The molecule has 0 saturated carbocycles. The van der Waals surface area contributed by atoms with Crippen LogP contribution in [0.3, 0.4) is 0 Å². The Labute approximate surface area is 142 Å². The topological polar surface area (TPSA) is 73.1 Å². The maximum Gasteiger partial charge on any atom is 0.269 e. The van der Waals surface area contributed by atoms with Gasteiger partial charge in [0.15, 0.2) is 0 Å². The standard InChI is InChI=1S/C17H26N4O3/c22-14-13-18-9-11-20(12-10-18)16-5-7-19(8-6-16)15-1-3-17(4-2-15)21(23)24/h1-4,16,22H,5-14H2. The molecule has 2 aliphatic rings. The van der Waals surface area contributed by atoms with Gasteiger partial charge in [-0.05, 0) is 25.0 Å². The summed E-state index contributed by atoms with van der Waals surface area (Å²) in [5.74, 6) is 0. The molecule has 2 saturated heterocycles. The lowest BCUT2D eigenvalue weighted by Crippen LogP contribution is -2.53. The number of hydrogen-bond acceptors (Lipinski definition) is 6. The van der Waals surface area contributed by atoms with Crippen LogP contribution < -0.4 is 4.90 Å². The van der Waals surface area contributed by atoms with Crippen molar-refractivity contribution in [3.63, 3.8) is 0 Å². The Morgan fingerprint density at radius 3 is 2.21 bits per heavy atom. The molecule has 132 valence electrons. The Bertz CT molecular complexity index is 535. The number of anilines is 1. The molecule has 0 bridgehead atoms. The van der Waals surface area contributed by atoms with E-state index in [2.05, 4.69) is 14.7 Å². The normalized spacial score (nSPS) is 21.1. The van der Waals surface area contributed by atoms with Crippen molar-refractivity contribution in [3.8, 4) is 0 Å². The summed E-state index contributed by atoms with van der Waals surface area (Å²) in [4.78, 5) is 17.6. The van der Waals surface area contributed by atoms with Gasteiger partial charge in [0.05, 0.1) is 11.5 Å². The van der Waals surface area contributed by atoms with Gasteiger partial charge in [-0.2, -0.15) is 0 Å². The van der Waals surface area contributed by atoms with Crippen LogP contribution in [0.2, 0.25) is 0 Å². The molecule has 0 atom stereocenters. The molecular weight excluding hydrogens is 308 g/mol. The molecule has 7 heteroatoms. The van der Waals surface area contributed by atoms with Gasteiger partial charge in [0.25, 0.3) is 5.69 Å². The predicted octanol–water partition coefficient (Wildman–Crippen LogP) is 1.17. The van der Waals surface area contributed by atoms with Crippen LogP contribution in [-0.4, -0.2) is 78.3 Å². The first-order valence-electron chi connectivity index (χ1n) is 8.74. The summed E-state index contributed by atoms with van der Waals surface area (Å²) >= 11 is 0. The highest BCUT2D eigenvalue weighted by atomic mass is 16.6. The number of β-amino-alcohol motifs (C(OH)–C–C–N with tert-alkyl or cyclic N) is 1. The largest absolute Gasteiger partial charge is 0.395 e. The average molecular weight is 334 g/mol. The van der Waals surface area contributed by atoms with Gasteiger partial charge in [-0.15, -0.1) is 0 Å². The maximum absolute atomic E-state index is 10.7. The van der Waals surface area contributed by atoms with Gasteiger partial charge < -0.3 is 10.0 Å². The van der Waals surface area contributed by atoms with Crippen molar-refractivity contribution < 1.29 is 10.0 Å². The van der Waals surface area contributed by atoms with Gasteiger partial charge in [0, 0.05) is 69.7 Å². The second-order valence-electron chi connectivity index (χ2n) is 6.59. The molecule has 0 spiro atoms. The SMILES string of the molecule is O=[N+]([O-])c1ccc(N2CCC(N3CCN(CCO)CC3)CC2)cc1. The lowest BCUT2D eigenvalue weighted by molar-refractivity contribution is -0.384. The third-order valence-corrected chi connectivity index (χ3v) is 5.23. The highest BCUT2D eigenvalue weighted by Crippen LogP contribution is 2.25. The molecular formula is C17H26N4O3. The van der Waals surface area contributed by atoms with Crippen molar-refractivity contribution in [3.05, 3.63) is 34.4 Å². The lowest BCUT2D eigenvalue weighted by Gasteiger charge is -2.43. The Hall–Kier alpha value is -1.70. The molecule has 0 unspecified atom stereocenters. The van der Waals surface area contributed by atoms with E-state index in [9.17, 15) is 10.1 Å². The third kappa shape index (κ3) is 4.03. The fourth-order valence-corrected chi connectivity index (χ4v) is 3.77. The number of nitrogens with zero attached hydrogens (tertiary/aromatic N) is 4. The molecule has 0 radical (unpaired) electrons. The van der Waals surface area contributed by atoms with Gasteiger partial charge in [-0.3, -0.25) is 19.9 Å². The summed E-state index contributed by atoms with van der Waals surface area (Å²) in [6.07, 6.45) is 2.27. The molecule has 0 aliphatic carbocycles. The van der Waals surface area contributed by atoms with Crippen molar-refractivity contribution in [1.29, 1.82) is 0 Å². The van der Waals surface area contributed by atoms with E-state index >= 15 is 0 Å². The van der Waals surface area contributed by atoms with Crippen molar-refractivity contribution in [2.75, 3.05) is 57.3 Å². The fraction of sp³-hybridized carbons (Fsp3) is 0.647. The highest BCUT2D eigenvalue weighted by molar-refractivity contribution is 5.51. The number of aliphatic hydroxyl groups excluding tert-OH is 1. The van der Waals surface area contributed by atoms with Crippen LogP contribution in [0.1, 0.15) is 12.8 Å². The average Bonchev–Trinajstić information content (AvgIpc) is 2.63. The Morgan fingerprint density at radius 2 is 1.67 bits per heavy atom. The number of nitro benzene ring substituents is 1. The minimum Gasteiger partial charge on any atom is -0.395 e. The van der Waals surface area contributed by atoms with Crippen LogP contribution in [0.5, 0.6) is 0 Å². The highest BCUT2D eigenvalue weighted by Gasteiger charge is 2.27. The molecule has 7 nitrogen and oxygen atoms in total. The zero-order chi connectivity index (χ0) is 16.9. The molecule has 0 aromatic heterocycles. The fourth-order valence-electron chi connectivity index (χ4n) is 3.77. The third-order valence-electron chi connectivity index (χ3n) is 5.23. The Morgan fingerprint density at radius 1 is 1.04 bits per heavy atom. The van der Waals surface area contributed by atoms with Crippen LogP contribution in [0.25, 0.3) is 0 Å². The number of nitro groups is 1. The first-order valence-corrected chi connectivity index (χ1v) is 8.74. The lowest BCUT2D eigenvalue weighted by atomic mass is 10.0. The summed E-state index contributed by atoms with van der Waals surface area (Å²) < 4.78 is 0. The molecule has 1 N–H and O–H groups in total. The van der Waals surface area contributed by atoms with Gasteiger partial charge in [0.2, 0.25) is 0 Å². The quantitative estimate of drug-likeness (QED) is 0.644. The molecule has 24 heavy (non-hydrogen) atoms. The molecule has 2 heterocycles. The minimum atomic E-state index is -0.355. The van der Waals surface area contributed by atoms with E-state index in [1.165, 1.54) is 0 Å². The molecule has 2 fully saturated rings. The minimum absolute atomic E-state index is 0.148. The van der Waals surface area contributed by atoms with Gasteiger partial charge in [-0.25, -0.2) is 0 Å². The summed E-state index contributed by atoms with van der Waals surface area (Å²) in [7, 11) is 0. The second kappa shape index (κ2) is 7.92. The molecule has 1 aromatic carbocycles. The van der Waals surface area contributed by atoms with Crippen LogP contribution in [0.15, 0.2) is 24.3 Å². The summed E-state index contributed by atoms with van der Waals surface area (Å²) in [6.45, 7) is 7.29. The van der Waals surface area contributed by atoms with E-state index in [1.807, 2.05) is 12.1 Å². The molecule has 0 amide bonds. The van der Waals surface area contributed by atoms with E-state index in [0.717, 1.165) is 64.3 Å². The second-order valence-corrected chi connectivity index (χ2v) is 6.59. The van der Waals surface area contributed by atoms with Crippen molar-refractivity contribution in [1.82, 2.24) is 9.80 Å². The predicted molar refractivity (Wildman–Crippen MR) is 93.4 cm³/mol. The Kier molecular flexibility index (Phi) is 5.65. The Balaban J connectivity index is 1.48. The number of piperazine rings is 1.